The number of benzene rings is 3. The SMILES string of the molecule is COc1ccc2c(c1)C(CC(=O)c1cccc(NC(=O)c3csc(C4COc5ccccc5O4)n3)c1)=NC(C)(C)C2. The van der Waals surface area contributed by atoms with Crippen molar-refractivity contribution < 1.29 is 23.8 Å². The van der Waals surface area contributed by atoms with E-state index in [1.807, 2.05) is 42.5 Å². The fourth-order valence-corrected chi connectivity index (χ4v) is 5.88. The van der Waals surface area contributed by atoms with Crippen LogP contribution in [0.2, 0.25) is 0 Å². The Hall–Kier alpha value is -4.50. The number of Topliss-reactive ketones (excluding diaryl/α,β-unsaturated/α-hetero) is 1. The number of hydrogen-bond acceptors (Lipinski definition) is 8. The van der Waals surface area contributed by atoms with E-state index in [-0.39, 0.29) is 29.3 Å². The number of aliphatic imine (C=N–C) groups is 1. The van der Waals surface area contributed by atoms with E-state index in [2.05, 4.69) is 24.1 Å². The molecule has 0 aliphatic carbocycles. The number of para-hydroxylation sites is 2. The molecule has 1 unspecified atom stereocenters. The van der Waals surface area contributed by atoms with Gasteiger partial charge in [0.15, 0.2) is 23.4 Å². The molecule has 0 bridgehead atoms. The van der Waals surface area contributed by atoms with Crippen molar-refractivity contribution in [3.8, 4) is 17.2 Å². The number of amides is 1. The number of anilines is 1. The number of nitrogens with one attached hydrogen (secondary N) is 1. The lowest BCUT2D eigenvalue weighted by Gasteiger charge is -2.29. The van der Waals surface area contributed by atoms with Crippen molar-refractivity contribution >= 4 is 34.4 Å². The molecule has 0 spiro atoms. The highest BCUT2D eigenvalue weighted by Crippen LogP contribution is 2.37. The number of carbonyl (C=O) groups excluding carboxylic acids is 2. The number of carbonyl (C=O) groups is 2. The molecule has 6 rings (SSSR count). The van der Waals surface area contributed by atoms with Crippen molar-refractivity contribution in [2.24, 2.45) is 4.99 Å². The van der Waals surface area contributed by atoms with Gasteiger partial charge in [-0.25, -0.2) is 4.98 Å². The molecule has 0 fully saturated rings. The summed E-state index contributed by atoms with van der Waals surface area (Å²) in [4.78, 5) is 35.8. The van der Waals surface area contributed by atoms with Gasteiger partial charge in [-0.15, -0.1) is 11.3 Å². The third-order valence-corrected chi connectivity index (χ3v) is 7.93. The topological polar surface area (TPSA) is 99.1 Å². The van der Waals surface area contributed by atoms with Gasteiger partial charge in [0, 0.05) is 22.2 Å². The molecule has 3 aromatic carbocycles. The molecule has 3 heterocycles. The Morgan fingerprint density at radius 2 is 1.90 bits per heavy atom. The molecule has 41 heavy (non-hydrogen) atoms. The Labute approximate surface area is 242 Å². The Morgan fingerprint density at radius 1 is 1.07 bits per heavy atom. The molecule has 208 valence electrons. The van der Waals surface area contributed by atoms with Gasteiger partial charge in [-0.2, -0.15) is 0 Å². The second-order valence-corrected chi connectivity index (χ2v) is 11.5. The highest BCUT2D eigenvalue weighted by molar-refractivity contribution is 7.09. The summed E-state index contributed by atoms with van der Waals surface area (Å²) in [6, 6.07) is 20.3. The fraction of sp³-hybridized carbons (Fsp3) is 0.250. The van der Waals surface area contributed by atoms with Gasteiger partial charge in [0.05, 0.1) is 24.8 Å². The molecular formula is C32H29N3O5S. The first-order chi connectivity index (χ1) is 19.8. The number of rotatable bonds is 7. The quantitative estimate of drug-likeness (QED) is 0.263. The predicted molar refractivity (Wildman–Crippen MR) is 158 cm³/mol. The van der Waals surface area contributed by atoms with Crippen LogP contribution in [0.1, 0.15) is 63.4 Å². The van der Waals surface area contributed by atoms with E-state index in [9.17, 15) is 9.59 Å². The van der Waals surface area contributed by atoms with Gasteiger partial charge < -0.3 is 19.5 Å². The van der Waals surface area contributed by atoms with Gasteiger partial charge in [-0.1, -0.05) is 30.3 Å². The lowest BCUT2D eigenvalue weighted by atomic mass is 9.85. The van der Waals surface area contributed by atoms with E-state index in [1.165, 1.54) is 11.3 Å². The molecule has 1 amide bonds. The number of ketones is 1. The van der Waals surface area contributed by atoms with Crippen LogP contribution in [0, 0.1) is 0 Å². The number of fused-ring (bicyclic) bond motifs is 2. The lowest BCUT2D eigenvalue weighted by molar-refractivity contribution is 0.0906. The molecule has 2 aliphatic rings. The van der Waals surface area contributed by atoms with Gasteiger partial charge in [0.1, 0.15) is 23.1 Å². The Bertz CT molecular complexity index is 1680. The zero-order valence-corrected chi connectivity index (χ0v) is 23.8. The van der Waals surface area contributed by atoms with E-state index >= 15 is 0 Å². The van der Waals surface area contributed by atoms with Crippen LogP contribution in [-0.2, 0) is 6.42 Å². The number of nitrogens with zero attached hydrogens (tertiary/aromatic N) is 2. The van der Waals surface area contributed by atoms with Crippen molar-refractivity contribution in [1.29, 1.82) is 0 Å². The monoisotopic (exact) mass is 567 g/mol. The molecule has 2 aliphatic heterocycles. The van der Waals surface area contributed by atoms with Gasteiger partial charge in [-0.05, 0) is 62.2 Å². The minimum absolute atomic E-state index is 0.0861. The molecular weight excluding hydrogens is 538 g/mol. The molecule has 1 aromatic heterocycles. The van der Waals surface area contributed by atoms with Crippen LogP contribution in [0.3, 0.4) is 0 Å². The van der Waals surface area contributed by atoms with Crippen LogP contribution in [0.25, 0.3) is 0 Å². The van der Waals surface area contributed by atoms with E-state index in [4.69, 9.17) is 19.2 Å². The standard InChI is InChI=1S/C32H29N3O5S/c1-32(2)16-20-11-12-22(38-3)14-23(20)24(35-32)15-26(36)19-7-6-8-21(13-19)33-30(37)25-18-41-31(34-25)29-17-39-27-9-4-5-10-28(27)40-29/h4-14,18,29H,15-17H2,1-3H3,(H,33,37). The van der Waals surface area contributed by atoms with Crippen LogP contribution in [0.5, 0.6) is 17.2 Å². The van der Waals surface area contributed by atoms with E-state index in [0.717, 1.165) is 29.0 Å². The van der Waals surface area contributed by atoms with Gasteiger partial charge in [0.25, 0.3) is 5.91 Å². The first-order valence-corrected chi connectivity index (χ1v) is 14.2. The highest BCUT2D eigenvalue weighted by atomic mass is 32.1. The second kappa shape index (κ2) is 10.8. The molecule has 4 aromatic rings. The zero-order chi connectivity index (χ0) is 28.6. The van der Waals surface area contributed by atoms with Crippen LogP contribution >= 0.6 is 11.3 Å². The molecule has 0 saturated heterocycles. The summed E-state index contributed by atoms with van der Waals surface area (Å²) in [5.74, 6) is 1.62. The molecule has 8 nitrogen and oxygen atoms in total. The van der Waals surface area contributed by atoms with E-state index in [0.29, 0.717) is 34.4 Å². The summed E-state index contributed by atoms with van der Waals surface area (Å²) in [6.45, 7) is 4.45. The van der Waals surface area contributed by atoms with Crippen molar-refractivity contribution in [2.45, 2.75) is 38.3 Å². The summed E-state index contributed by atoms with van der Waals surface area (Å²) in [5, 5.41) is 5.21. The summed E-state index contributed by atoms with van der Waals surface area (Å²) >= 11 is 1.34. The highest BCUT2D eigenvalue weighted by Gasteiger charge is 2.29. The van der Waals surface area contributed by atoms with Crippen molar-refractivity contribution in [3.05, 3.63) is 99.5 Å². The van der Waals surface area contributed by atoms with Crippen molar-refractivity contribution in [1.82, 2.24) is 4.98 Å². The normalized spacial score (nSPS) is 16.8. The maximum Gasteiger partial charge on any atom is 0.275 e. The summed E-state index contributed by atoms with van der Waals surface area (Å²) < 4.78 is 17.2. The van der Waals surface area contributed by atoms with Crippen LogP contribution in [0.4, 0.5) is 5.69 Å². The second-order valence-electron chi connectivity index (χ2n) is 10.6. The maximum atomic E-state index is 13.4. The van der Waals surface area contributed by atoms with Gasteiger partial charge >= 0.3 is 0 Å². The van der Waals surface area contributed by atoms with E-state index in [1.54, 1.807) is 36.8 Å². The van der Waals surface area contributed by atoms with Crippen molar-refractivity contribution in [2.75, 3.05) is 19.0 Å². The van der Waals surface area contributed by atoms with Crippen LogP contribution in [0.15, 0.2) is 77.1 Å². The average Bonchev–Trinajstić information content (AvgIpc) is 3.47. The summed E-state index contributed by atoms with van der Waals surface area (Å²) in [7, 11) is 1.62. The lowest BCUT2D eigenvalue weighted by Crippen LogP contribution is -2.30. The first-order valence-electron chi connectivity index (χ1n) is 13.3. The average molecular weight is 568 g/mol. The van der Waals surface area contributed by atoms with Crippen molar-refractivity contribution in [3.63, 3.8) is 0 Å². The molecule has 0 radical (unpaired) electrons. The van der Waals surface area contributed by atoms with E-state index < -0.39 is 6.10 Å². The van der Waals surface area contributed by atoms with Crippen LogP contribution in [-0.4, -0.2) is 41.6 Å². The number of thiazole rings is 1. The number of hydrogen-bond donors (Lipinski definition) is 1. The van der Waals surface area contributed by atoms with Gasteiger partial charge in [-0.3, -0.25) is 14.6 Å². The zero-order valence-electron chi connectivity index (χ0n) is 23.0. The predicted octanol–water partition coefficient (Wildman–Crippen LogP) is 6.31. The van der Waals surface area contributed by atoms with Crippen LogP contribution < -0.4 is 19.5 Å². The third kappa shape index (κ3) is 5.71. The summed E-state index contributed by atoms with van der Waals surface area (Å²) in [5.41, 5.74) is 3.79. The Balaban J connectivity index is 1.15. The van der Waals surface area contributed by atoms with Gasteiger partial charge in [0.2, 0.25) is 0 Å². The molecule has 1 atom stereocenters. The summed E-state index contributed by atoms with van der Waals surface area (Å²) in [6.07, 6.45) is 0.537. The maximum absolute atomic E-state index is 13.4. The molecule has 1 N–H and O–H groups in total. The molecule has 9 heteroatoms. The third-order valence-electron chi connectivity index (χ3n) is 7.00. The largest absolute Gasteiger partial charge is 0.497 e. The Morgan fingerprint density at radius 3 is 2.73 bits per heavy atom. The smallest absolute Gasteiger partial charge is 0.275 e. The number of ether oxygens (including phenoxy) is 3. The minimum Gasteiger partial charge on any atom is -0.497 e. The number of aromatic nitrogens is 1. The number of methoxy groups -OCH3 is 1. The Kier molecular flexibility index (Phi) is 7.05. The fourth-order valence-electron chi connectivity index (χ4n) is 5.07. The first kappa shape index (κ1) is 26.7. The minimum atomic E-state index is -0.393. The molecule has 0 saturated carbocycles.